The molecule has 0 unspecified atom stereocenters. The molecule has 4 rings (SSSR count). The highest BCUT2D eigenvalue weighted by Gasteiger charge is 2.11. The molecule has 0 aliphatic rings. The largest absolute Gasteiger partial charge is 0.488 e. The van der Waals surface area contributed by atoms with E-state index in [9.17, 15) is 5.26 Å². The predicted molar refractivity (Wildman–Crippen MR) is 124 cm³/mol. The fourth-order valence-electron chi connectivity index (χ4n) is 3.17. The van der Waals surface area contributed by atoms with Crippen LogP contribution in [0.3, 0.4) is 0 Å². The van der Waals surface area contributed by atoms with Crippen molar-refractivity contribution in [3.05, 3.63) is 93.2 Å². The number of hydrogen-bond acceptors (Lipinski definition) is 3. The fourth-order valence-corrected chi connectivity index (χ4v) is 3.55. The Morgan fingerprint density at radius 2 is 1.83 bits per heavy atom. The van der Waals surface area contributed by atoms with E-state index in [0.717, 1.165) is 32.2 Å². The Morgan fingerprint density at radius 3 is 2.60 bits per heavy atom. The third kappa shape index (κ3) is 4.45. The number of imidazole rings is 1. The van der Waals surface area contributed by atoms with Gasteiger partial charge in [-0.1, -0.05) is 51.8 Å². The minimum absolute atomic E-state index is 0.446. The molecule has 1 aromatic heterocycles. The summed E-state index contributed by atoms with van der Waals surface area (Å²) in [6, 6.07) is 22.3. The van der Waals surface area contributed by atoms with Gasteiger partial charge in [-0.3, -0.25) is 0 Å². The van der Waals surface area contributed by atoms with E-state index in [2.05, 4.69) is 63.2 Å². The summed E-state index contributed by atoms with van der Waals surface area (Å²) < 4.78 is 6.98. The lowest BCUT2D eigenvalue weighted by Crippen LogP contribution is -1.97. The highest BCUT2D eigenvalue weighted by atomic mass is 79.9. The number of H-pyrrole nitrogens is 1. The molecule has 0 aliphatic heterocycles. The van der Waals surface area contributed by atoms with Crippen LogP contribution < -0.4 is 4.74 Å². The van der Waals surface area contributed by atoms with Gasteiger partial charge < -0.3 is 9.72 Å². The van der Waals surface area contributed by atoms with E-state index in [1.807, 2.05) is 43.3 Å². The number of nitrogens with zero attached hydrogens (tertiary/aromatic N) is 2. The van der Waals surface area contributed by atoms with Crippen LogP contribution in [0.25, 0.3) is 22.7 Å². The molecule has 0 atom stereocenters. The zero-order valence-electron chi connectivity index (χ0n) is 16.7. The fraction of sp³-hybridized carbons (Fsp3) is 0.120. The normalized spacial score (nSPS) is 11.5. The van der Waals surface area contributed by atoms with Crippen LogP contribution in [0.15, 0.2) is 65.1 Å². The van der Waals surface area contributed by atoms with Crippen molar-refractivity contribution in [2.24, 2.45) is 0 Å². The molecule has 0 fully saturated rings. The second-order valence-electron chi connectivity index (χ2n) is 7.23. The van der Waals surface area contributed by atoms with Crippen LogP contribution in [0.5, 0.6) is 5.75 Å². The van der Waals surface area contributed by atoms with E-state index in [-0.39, 0.29) is 0 Å². The third-order valence-corrected chi connectivity index (χ3v) is 5.29. The van der Waals surface area contributed by atoms with Crippen LogP contribution in [0.1, 0.15) is 28.1 Å². The van der Waals surface area contributed by atoms with Gasteiger partial charge in [0.05, 0.1) is 16.6 Å². The standard InChI is InChI=1S/C25H20BrN3O/c1-16-3-6-18(7-4-16)15-30-24-10-8-21(26)13-19(24)12-20(14-27)25-28-22-9-5-17(2)11-23(22)29-25/h3-13H,15H2,1-2H3,(H,28,29)/b20-12-. The summed E-state index contributed by atoms with van der Waals surface area (Å²) in [6.45, 7) is 4.54. The number of allylic oxidation sites excluding steroid dienone is 1. The van der Waals surface area contributed by atoms with Crippen LogP contribution in [-0.4, -0.2) is 9.97 Å². The molecule has 1 heterocycles. The van der Waals surface area contributed by atoms with Gasteiger partial charge in [0, 0.05) is 10.0 Å². The van der Waals surface area contributed by atoms with E-state index in [1.165, 1.54) is 5.56 Å². The topological polar surface area (TPSA) is 61.7 Å². The van der Waals surface area contributed by atoms with Crippen molar-refractivity contribution in [3.8, 4) is 11.8 Å². The zero-order chi connectivity index (χ0) is 21.1. The van der Waals surface area contributed by atoms with Gasteiger partial charge >= 0.3 is 0 Å². The second-order valence-corrected chi connectivity index (χ2v) is 8.15. The van der Waals surface area contributed by atoms with E-state index >= 15 is 0 Å². The van der Waals surface area contributed by atoms with Crippen molar-refractivity contribution < 1.29 is 4.74 Å². The molecule has 148 valence electrons. The lowest BCUT2D eigenvalue weighted by molar-refractivity contribution is 0.305. The predicted octanol–water partition coefficient (Wildman–Crippen LogP) is 6.59. The Bertz CT molecular complexity index is 1280. The minimum Gasteiger partial charge on any atom is -0.488 e. The first-order chi connectivity index (χ1) is 14.5. The first-order valence-electron chi connectivity index (χ1n) is 9.58. The van der Waals surface area contributed by atoms with E-state index in [0.29, 0.717) is 23.8 Å². The van der Waals surface area contributed by atoms with E-state index < -0.39 is 0 Å². The van der Waals surface area contributed by atoms with Crippen molar-refractivity contribution in [2.45, 2.75) is 20.5 Å². The summed E-state index contributed by atoms with van der Waals surface area (Å²) in [5.74, 6) is 1.25. The van der Waals surface area contributed by atoms with Crippen molar-refractivity contribution in [1.29, 1.82) is 5.26 Å². The molecule has 3 aromatic carbocycles. The molecule has 0 saturated carbocycles. The van der Waals surface area contributed by atoms with Gasteiger partial charge in [-0.05, 0) is 61.4 Å². The molecule has 1 N–H and O–H groups in total. The van der Waals surface area contributed by atoms with Crippen LogP contribution in [0, 0.1) is 25.2 Å². The van der Waals surface area contributed by atoms with Crippen LogP contribution in [0.4, 0.5) is 0 Å². The van der Waals surface area contributed by atoms with Crippen LogP contribution in [-0.2, 0) is 6.61 Å². The first-order valence-corrected chi connectivity index (χ1v) is 10.4. The number of aromatic amines is 1. The zero-order valence-corrected chi connectivity index (χ0v) is 18.3. The molecule has 0 spiro atoms. The number of ether oxygens (including phenoxy) is 1. The number of rotatable bonds is 5. The van der Waals surface area contributed by atoms with Gasteiger partial charge in [-0.2, -0.15) is 5.26 Å². The Balaban J connectivity index is 1.67. The van der Waals surface area contributed by atoms with Gasteiger partial charge in [0.2, 0.25) is 0 Å². The molecule has 0 amide bonds. The third-order valence-electron chi connectivity index (χ3n) is 4.80. The van der Waals surface area contributed by atoms with Crippen molar-refractivity contribution in [1.82, 2.24) is 9.97 Å². The summed E-state index contributed by atoms with van der Waals surface area (Å²) in [5.41, 5.74) is 6.45. The van der Waals surface area contributed by atoms with Gasteiger partial charge in [0.25, 0.3) is 0 Å². The van der Waals surface area contributed by atoms with Crippen LogP contribution in [0.2, 0.25) is 0 Å². The molecular weight excluding hydrogens is 438 g/mol. The maximum absolute atomic E-state index is 9.78. The number of aryl methyl sites for hydroxylation is 2. The average molecular weight is 458 g/mol. The van der Waals surface area contributed by atoms with Gasteiger partial charge in [0.1, 0.15) is 24.3 Å². The Labute approximate surface area is 184 Å². The average Bonchev–Trinajstić information content (AvgIpc) is 3.15. The molecule has 5 heteroatoms. The summed E-state index contributed by atoms with van der Waals surface area (Å²) in [4.78, 5) is 7.83. The highest BCUT2D eigenvalue weighted by molar-refractivity contribution is 9.10. The Morgan fingerprint density at radius 1 is 1.07 bits per heavy atom. The molecule has 0 radical (unpaired) electrons. The Hall–Kier alpha value is -3.36. The highest BCUT2D eigenvalue weighted by Crippen LogP contribution is 2.28. The summed E-state index contributed by atoms with van der Waals surface area (Å²) >= 11 is 3.51. The number of hydrogen-bond donors (Lipinski definition) is 1. The minimum atomic E-state index is 0.446. The number of nitrogens with one attached hydrogen (secondary N) is 1. The summed E-state index contributed by atoms with van der Waals surface area (Å²) in [5, 5.41) is 9.78. The first kappa shape index (κ1) is 19.9. The summed E-state index contributed by atoms with van der Waals surface area (Å²) in [7, 11) is 0. The number of fused-ring (bicyclic) bond motifs is 1. The summed E-state index contributed by atoms with van der Waals surface area (Å²) in [6.07, 6.45) is 1.81. The lowest BCUT2D eigenvalue weighted by atomic mass is 10.1. The molecule has 0 saturated heterocycles. The van der Waals surface area contributed by atoms with E-state index in [4.69, 9.17) is 4.74 Å². The quantitative estimate of drug-likeness (QED) is 0.344. The maximum atomic E-state index is 9.78. The SMILES string of the molecule is Cc1ccc(COc2ccc(Br)cc2/C=C(/C#N)c2nc3ccc(C)cc3[nH]2)cc1. The lowest BCUT2D eigenvalue weighted by Gasteiger charge is -2.10. The van der Waals surface area contributed by atoms with Crippen molar-refractivity contribution >= 4 is 38.6 Å². The van der Waals surface area contributed by atoms with Crippen LogP contribution >= 0.6 is 15.9 Å². The molecule has 30 heavy (non-hydrogen) atoms. The van der Waals surface area contributed by atoms with Gasteiger partial charge in [-0.25, -0.2) is 4.98 Å². The van der Waals surface area contributed by atoms with Crippen molar-refractivity contribution in [2.75, 3.05) is 0 Å². The molecule has 0 bridgehead atoms. The molecule has 0 aliphatic carbocycles. The Kier molecular flexibility index (Phi) is 5.69. The smallest absolute Gasteiger partial charge is 0.149 e. The second kappa shape index (κ2) is 8.56. The van der Waals surface area contributed by atoms with Gasteiger partial charge in [-0.15, -0.1) is 0 Å². The molecule has 4 nitrogen and oxygen atoms in total. The number of benzene rings is 3. The van der Waals surface area contributed by atoms with Gasteiger partial charge in [0.15, 0.2) is 0 Å². The monoisotopic (exact) mass is 457 g/mol. The van der Waals surface area contributed by atoms with E-state index in [1.54, 1.807) is 6.08 Å². The number of aromatic nitrogens is 2. The molecular formula is C25H20BrN3O. The number of halogens is 1. The molecule has 4 aromatic rings. The maximum Gasteiger partial charge on any atom is 0.149 e. The number of nitriles is 1. The van der Waals surface area contributed by atoms with Crippen molar-refractivity contribution in [3.63, 3.8) is 0 Å².